The fourth-order valence-corrected chi connectivity index (χ4v) is 4.41. The van der Waals surface area contributed by atoms with Crippen LogP contribution in [0.5, 0.6) is 0 Å². The van der Waals surface area contributed by atoms with E-state index in [9.17, 15) is 14.4 Å². The standard InChI is InChI=1S/C20H20ClN3O5S/c1-12-8-13(2-3-14(12)24-6-7-28-10-18(24)25)22-19(26)15-9-23(11-29-15)20(27)16-4-5-17(21)30-16/h2-5,8,15H,6-7,9-11H2,1H3,(H,22,26). The number of amides is 3. The lowest BCUT2D eigenvalue weighted by Gasteiger charge is -2.28. The lowest BCUT2D eigenvalue weighted by Crippen LogP contribution is -2.42. The fourth-order valence-electron chi connectivity index (χ4n) is 3.40. The summed E-state index contributed by atoms with van der Waals surface area (Å²) in [5, 5.41) is 2.82. The lowest BCUT2D eigenvalue weighted by atomic mass is 10.1. The smallest absolute Gasteiger partial charge is 0.265 e. The van der Waals surface area contributed by atoms with Crippen molar-refractivity contribution in [3.63, 3.8) is 0 Å². The monoisotopic (exact) mass is 449 g/mol. The Hall–Kier alpha value is -2.46. The molecule has 0 saturated carbocycles. The second-order valence-corrected chi connectivity index (χ2v) is 8.72. The van der Waals surface area contributed by atoms with Crippen LogP contribution in [0, 0.1) is 6.92 Å². The van der Waals surface area contributed by atoms with E-state index >= 15 is 0 Å². The molecule has 2 aliphatic heterocycles. The van der Waals surface area contributed by atoms with E-state index in [0.29, 0.717) is 28.1 Å². The summed E-state index contributed by atoms with van der Waals surface area (Å²) < 4.78 is 11.2. The molecule has 2 aromatic rings. The number of aryl methyl sites for hydroxylation is 1. The van der Waals surface area contributed by atoms with E-state index in [1.165, 1.54) is 16.2 Å². The number of rotatable bonds is 4. The highest BCUT2D eigenvalue weighted by molar-refractivity contribution is 7.17. The molecular formula is C20H20ClN3O5S. The van der Waals surface area contributed by atoms with E-state index in [2.05, 4.69) is 5.32 Å². The highest BCUT2D eigenvalue weighted by atomic mass is 35.5. The summed E-state index contributed by atoms with van der Waals surface area (Å²) >= 11 is 7.08. The molecule has 0 spiro atoms. The number of halogens is 1. The normalized spacial score (nSPS) is 19.3. The maximum absolute atomic E-state index is 12.6. The zero-order chi connectivity index (χ0) is 21.3. The number of nitrogens with one attached hydrogen (secondary N) is 1. The van der Waals surface area contributed by atoms with Crippen LogP contribution in [-0.2, 0) is 19.1 Å². The molecular weight excluding hydrogens is 430 g/mol. The molecule has 3 amide bonds. The van der Waals surface area contributed by atoms with Gasteiger partial charge in [-0.25, -0.2) is 0 Å². The Morgan fingerprint density at radius 1 is 1.27 bits per heavy atom. The first kappa shape index (κ1) is 20.8. The predicted octanol–water partition coefficient (Wildman–Crippen LogP) is 2.51. The van der Waals surface area contributed by atoms with Crippen LogP contribution in [0.2, 0.25) is 4.34 Å². The molecule has 1 unspecified atom stereocenters. The topological polar surface area (TPSA) is 88.2 Å². The van der Waals surface area contributed by atoms with Gasteiger partial charge >= 0.3 is 0 Å². The number of anilines is 2. The van der Waals surface area contributed by atoms with Crippen molar-refractivity contribution in [2.24, 2.45) is 0 Å². The predicted molar refractivity (Wildman–Crippen MR) is 113 cm³/mol. The van der Waals surface area contributed by atoms with E-state index in [4.69, 9.17) is 21.1 Å². The third kappa shape index (κ3) is 4.34. The lowest BCUT2D eigenvalue weighted by molar-refractivity contribution is -0.126. The van der Waals surface area contributed by atoms with Crippen LogP contribution < -0.4 is 10.2 Å². The summed E-state index contributed by atoms with van der Waals surface area (Å²) in [7, 11) is 0. The van der Waals surface area contributed by atoms with Crippen molar-refractivity contribution in [2.75, 3.05) is 43.3 Å². The molecule has 1 atom stereocenters. The average Bonchev–Trinajstić information content (AvgIpc) is 3.38. The van der Waals surface area contributed by atoms with Crippen molar-refractivity contribution in [3.8, 4) is 0 Å². The van der Waals surface area contributed by atoms with Crippen molar-refractivity contribution < 1.29 is 23.9 Å². The minimum Gasteiger partial charge on any atom is -0.370 e. The van der Waals surface area contributed by atoms with Gasteiger partial charge in [-0.05, 0) is 42.8 Å². The first-order chi connectivity index (χ1) is 14.4. The van der Waals surface area contributed by atoms with E-state index < -0.39 is 6.10 Å². The van der Waals surface area contributed by atoms with Gasteiger partial charge in [-0.1, -0.05) is 11.6 Å². The summed E-state index contributed by atoms with van der Waals surface area (Å²) in [5.41, 5.74) is 2.26. The van der Waals surface area contributed by atoms with Crippen molar-refractivity contribution in [1.29, 1.82) is 0 Å². The molecule has 2 fully saturated rings. The number of benzene rings is 1. The number of ether oxygens (including phenoxy) is 2. The van der Waals surface area contributed by atoms with Gasteiger partial charge in [0.1, 0.15) is 13.3 Å². The number of hydrogen-bond donors (Lipinski definition) is 1. The zero-order valence-electron chi connectivity index (χ0n) is 16.2. The van der Waals surface area contributed by atoms with Crippen LogP contribution in [0.1, 0.15) is 15.2 Å². The first-order valence-electron chi connectivity index (χ1n) is 9.38. The molecule has 8 nitrogen and oxygen atoms in total. The molecule has 4 rings (SSSR count). The third-order valence-electron chi connectivity index (χ3n) is 4.92. The summed E-state index contributed by atoms with van der Waals surface area (Å²) in [6, 6.07) is 8.68. The van der Waals surface area contributed by atoms with Crippen LogP contribution in [0.25, 0.3) is 0 Å². The van der Waals surface area contributed by atoms with Gasteiger partial charge in [0.05, 0.1) is 22.4 Å². The number of carbonyl (C=O) groups is 3. The van der Waals surface area contributed by atoms with Crippen molar-refractivity contribution in [3.05, 3.63) is 45.1 Å². The summed E-state index contributed by atoms with van der Waals surface area (Å²) in [5.74, 6) is -0.626. The van der Waals surface area contributed by atoms with Gasteiger partial charge in [0, 0.05) is 17.9 Å². The van der Waals surface area contributed by atoms with E-state index in [1.807, 2.05) is 13.0 Å². The molecule has 3 heterocycles. The minimum atomic E-state index is -0.759. The van der Waals surface area contributed by atoms with Gasteiger partial charge in [-0.3, -0.25) is 14.4 Å². The van der Waals surface area contributed by atoms with Crippen LogP contribution in [-0.4, -0.2) is 61.8 Å². The Balaban J connectivity index is 1.37. The molecule has 1 aromatic heterocycles. The van der Waals surface area contributed by atoms with Crippen LogP contribution in [0.15, 0.2) is 30.3 Å². The van der Waals surface area contributed by atoms with Gasteiger partial charge in [0.2, 0.25) is 0 Å². The van der Waals surface area contributed by atoms with E-state index in [-0.39, 0.29) is 37.6 Å². The Morgan fingerprint density at radius 2 is 2.10 bits per heavy atom. The highest BCUT2D eigenvalue weighted by Gasteiger charge is 2.33. The molecule has 2 aliphatic rings. The molecule has 158 valence electrons. The maximum atomic E-state index is 12.6. The number of thiophene rings is 1. The van der Waals surface area contributed by atoms with Gasteiger partial charge in [-0.2, -0.15) is 0 Å². The molecule has 1 aromatic carbocycles. The SMILES string of the molecule is Cc1cc(NC(=O)C2CN(C(=O)c3ccc(Cl)s3)CO2)ccc1N1CCOCC1=O. The van der Waals surface area contributed by atoms with Gasteiger partial charge in [0.25, 0.3) is 17.7 Å². The Kier molecular flexibility index (Phi) is 6.05. The maximum Gasteiger partial charge on any atom is 0.265 e. The van der Waals surface area contributed by atoms with Crippen LogP contribution in [0.4, 0.5) is 11.4 Å². The Morgan fingerprint density at radius 3 is 2.80 bits per heavy atom. The van der Waals surface area contributed by atoms with Crippen LogP contribution >= 0.6 is 22.9 Å². The highest BCUT2D eigenvalue weighted by Crippen LogP contribution is 2.26. The van der Waals surface area contributed by atoms with Gasteiger partial charge < -0.3 is 24.6 Å². The number of nitrogens with zero attached hydrogens (tertiary/aromatic N) is 2. The second kappa shape index (κ2) is 8.73. The average molecular weight is 450 g/mol. The van der Waals surface area contributed by atoms with Crippen molar-refractivity contribution in [2.45, 2.75) is 13.0 Å². The first-order valence-corrected chi connectivity index (χ1v) is 10.6. The molecule has 0 aliphatic carbocycles. The van der Waals surface area contributed by atoms with E-state index in [0.717, 1.165) is 11.3 Å². The summed E-state index contributed by atoms with van der Waals surface area (Å²) in [6.45, 7) is 3.16. The molecule has 30 heavy (non-hydrogen) atoms. The minimum absolute atomic E-state index is 0.0452. The zero-order valence-corrected chi connectivity index (χ0v) is 17.8. The Labute approximate surface area is 182 Å². The number of carbonyl (C=O) groups excluding carboxylic acids is 3. The summed E-state index contributed by atoms with van der Waals surface area (Å²) in [6.07, 6.45) is -0.759. The van der Waals surface area contributed by atoms with Gasteiger partial charge in [-0.15, -0.1) is 11.3 Å². The van der Waals surface area contributed by atoms with Crippen molar-refractivity contribution >= 4 is 52.0 Å². The molecule has 1 N–H and O–H groups in total. The largest absolute Gasteiger partial charge is 0.370 e. The molecule has 0 bridgehead atoms. The van der Waals surface area contributed by atoms with Crippen molar-refractivity contribution in [1.82, 2.24) is 4.90 Å². The number of morpholine rings is 1. The van der Waals surface area contributed by atoms with Crippen LogP contribution in [0.3, 0.4) is 0 Å². The molecule has 0 radical (unpaired) electrons. The quantitative estimate of drug-likeness (QED) is 0.774. The molecule has 2 saturated heterocycles. The van der Waals surface area contributed by atoms with E-state index in [1.54, 1.807) is 29.2 Å². The second-order valence-electron chi connectivity index (χ2n) is 7.00. The van der Waals surface area contributed by atoms with Gasteiger partial charge in [0.15, 0.2) is 6.10 Å². The fraction of sp³-hybridized carbons (Fsp3) is 0.350. The summed E-state index contributed by atoms with van der Waals surface area (Å²) in [4.78, 5) is 40.8. The molecule has 10 heteroatoms. The Bertz CT molecular complexity index is 995. The third-order valence-corrected chi connectivity index (χ3v) is 6.14. The number of hydrogen-bond acceptors (Lipinski definition) is 6.